The smallest absolute Gasteiger partial charge is 0.227 e. The molecule has 2 saturated heterocycles. The Morgan fingerprint density at radius 2 is 1.94 bits per heavy atom. The first-order valence-corrected chi connectivity index (χ1v) is 5.80. The van der Waals surface area contributed by atoms with Crippen LogP contribution in [0.1, 0.15) is 20.3 Å². The summed E-state index contributed by atoms with van der Waals surface area (Å²) < 4.78 is 5.43. The lowest BCUT2D eigenvalue weighted by atomic mass is 10.0. The highest BCUT2D eigenvalue weighted by Gasteiger charge is 2.34. The van der Waals surface area contributed by atoms with E-state index >= 15 is 0 Å². The number of morpholine rings is 1. The molecule has 1 N–H and O–H groups in total. The number of hydrogen-bond acceptors (Lipinski definition) is 3. The zero-order valence-electron chi connectivity index (χ0n) is 9.94. The fourth-order valence-electron chi connectivity index (χ4n) is 2.51. The molecular weight excluding hydrogens is 228 g/mol. The summed E-state index contributed by atoms with van der Waals surface area (Å²) >= 11 is 0. The van der Waals surface area contributed by atoms with Crippen LogP contribution in [0.5, 0.6) is 0 Å². The van der Waals surface area contributed by atoms with E-state index in [1.54, 1.807) is 0 Å². The van der Waals surface area contributed by atoms with E-state index in [4.69, 9.17) is 4.74 Å². The normalized spacial score (nSPS) is 34.6. The molecule has 3 unspecified atom stereocenters. The van der Waals surface area contributed by atoms with Crippen LogP contribution in [0.4, 0.5) is 0 Å². The number of halogens is 1. The number of nitrogens with zero attached hydrogens (tertiary/aromatic N) is 1. The van der Waals surface area contributed by atoms with Crippen molar-refractivity contribution < 1.29 is 9.53 Å². The van der Waals surface area contributed by atoms with Gasteiger partial charge in [-0.25, -0.2) is 0 Å². The van der Waals surface area contributed by atoms with Gasteiger partial charge < -0.3 is 15.0 Å². The number of nitrogens with one attached hydrogen (secondary N) is 1. The molecule has 0 aliphatic carbocycles. The minimum absolute atomic E-state index is 0. The zero-order chi connectivity index (χ0) is 10.8. The van der Waals surface area contributed by atoms with Crippen LogP contribution in [0.3, 0.4) is 0 Å². The minimum atomic E-state index is 0. The Labute approximate surface area is 103 Å². The van der Waals surface area contributed by atoms with E-state index in [2.05, 4.69) is 19.2 Å². The minimum Gasteiger partial charge on any atom is -0.377 e. The number of carbonyl (C=O) groups excluding carboxylic acids is 1. The molecule has 0 aromatic heterocycles. The van der Waals surface area contributed by atoms with Crippen LogP contribution in [-0.2, 0) is 9.53 Å². The lowest BCUT2D eigenvalue weighted by molar-refractivity contribution is -0.147. The van der Waals surface area contributed by atoms with Gasteiger partial charge >= 0.3 is 0 Å². The topological polar surface area (TPSA) is 41.6 Å². The van der Waals surface area contributed by atoms with Gasteiger partial charge in [-0.15, -0.1) is 12.4 Å². The largest absolute Gasteiger partial charge is 0.377 e. The van der Waals surface area contributed by atoms with Gasteiger partial charge in [0.15, 0.2) is 0 Å². The van der Waals surface area contributed by atoms with Crippen molar-refractivity contribution in [3.63, 3.8) is 0 Å². The van der Waals surface area contributed by atoms with Crippen molar-refractivity contribution >= 4 is 18.3 Å². The van der Waals surface area contributed by atoms with Crippen LogP contribution >= 0.6 is 12.4 Å². The van der Waals surface area contributed by atoms with E-state index in [1.165, 1.54) is 0 Å². The summed E-state index contributed by atoms with van der Waals surface area (Å²) in [4.78, 5) is 14.3. The van der Waals surface area contributed by atoms with E-state index < -0.39 is 0 Å². The van der Waals surface area contributed by atoms with Crippen LogP contribution in [-0.4, -0.2) is 49.2 Å². The highest BCUT2D eigenvalue weighted by atomic mass is 35.5. The monoisotopic (exact) mass is 248 g/mol. The van der Waals surface area contributed by atoms with E-state index in [1.807, 2.05) is 4.90 Å². The molecule has 2 aliphatic heterocycles. The number of carbonyl (C=O) groups is 1. The molecule has 0 saturated carbocycles. The summed E-state index contributed by atoms with van der Waals surface area (Å²) in [5, 5.41) is 3.24. The maximum atomic E-state index is 12.3. The molecule has 1 amide bonds. The number of rotatable bonds is 1. The second-order valence-electron chi connectivity index (χ2n) is 4.67. The second-order valence-corrected chi connectivity index (χ2v) is 4.67. The summed E-state index contributed by atoms with van der Waals surface area (Å²) in [6.45, 7) is 7.30. The van der Waals surface area contributed by atoms with Gasteiger partial charge in [-0.1, -0.05) is 0 Å². The van der Waals surface area contributed by atoms with Crippen molar-refractivity contribution in [3.05, 3.63) is 0 Å². The fraction of sp³-hybridized carbons (Fsp3) is 0.909. The SMILES string of the molecule is CC1COCC(C)N1C(=O)C1CCNC1.Cl. The Kier molecular flexibility index (Phi) is 5.02. The standard InChI is InChI=1S/C11H20N2O2.ClH/c1-8-6-15-7-9(2)13(8)11(14)10-3-4-12-5-10;/h8-10,12H,3-7H2,1-2H3;1H. The molecule has 0 aromatic rings. The van der Waals surface area contributed by atoms with E-state index in [0.29, 0.717) is 19.1 Å². The maximum absolute atomic E-state index is 12.3. The Morgan fingerprint density at radius 1 is 1.31 bits per heavy atom. The predicted octanol–water partition coefficient (Wildman–Crippen LogP) is 0.653. The molecule has 2 heterocycles. The quantitative estimate of drug-likeness (QED) is 0.741. The van der Waals surface area contributed by atoms with Gasteiger partial charge in [-0.2, -0.15) is 0 Å². The molecular formula is C11H21ClN2O2. The Hall–Kier alpha value is -0.320. The Bertz CT molecular complexity index is 234. The molecule has 0 radical (unpaired) electrons. The van der Waals surface area contributed by atoms with Gasteiger partial charge in [-0.3, -0.25) is 4.79 Å². The molecule has 0 bridgehead atoms. The summed E-state index contributed by atoms with van der Waals surface area (Å²) in [7, 11) is 0. The molecule has 16 heavy (non-hydrogen) atoms. The summed E-state index contributed by atoms with van der Waals surface area (Å²) in [6, 6.07) is 0.448. The van der Waals surface area contributed by atoms with Crippen molar-refractivity contribution in [2.75, 3.05) is 26.3 Å². The number of ether oxygens (including phenoxy) is 1. The van der Waals surface area contributed by atoms with Crippen LogP contribution in [0.25, 0.3) is 0 Å². The molecule has 3 atom stereocenters. The number of amides is 1. The van der Waals surface area contributed by atoms with Crippen LogP contribution in [0.15, 0.2) is 0 Å². The zero-order valence-corrected chi connectivity index (χ0v) is 10.8. The Balaban J connectivity index is 0.00000128. The van der Waals surface area contributed by atoms with Gasteiger partial charge in [0.2, 0.25) is 5.91 Å². The average molecular weight is 249 g/mol. The van der Waals surface area contributed by atoms with E-state index in [-0.39, 0.29) is 30.4 Å². The first-order valence-electron chi connectivity index (χ1n) is 5.80. The summed E-state index contributed by atoms with van der Waals surface area (Å²) in [6.07, 6.45) is 0.982. The third-order valence-corrected chi connectivity index (χ3v) is 3.33. The van der Waals surface area contributed by atoms with Crippen molar-refractivity contribution in [3.8, 4) is 0 Å². The maximum Gasteiger partial charge on any atom is 0.227 e. The third-order valence-electron chi connectivity index (χ3n) is 3.33. The molecule has 5 heteroatoms. The average Bonchev–Trinajstić information content (AvgIpc) is 2.69. The Morgan fingerprint density at radius 3 is 2.44 bits per heavy atom. The highest BCUT2D eigenvalue weighted by Crippen LogP contribution is 2.19. The van der Waals surface area contributed by atoms with Crippen molar-refractivity contribution in [1.82, 2.24) is 10.2 Å². The lowest BCUT2D eigenvalue weighted by Crippen LogP contribution is -2.54. The molecule has 2 rings (SSSR count). The van der Waals surface area contributed by atoms with Crippen LogP contribution in [0, 0.1) is 5.92 Å². The lowest BCUT2D eigenvalue weighted by Gasteiger charge is -2.40. The van der Waals surface area contributed by atoms with Gasteiger partial charge in [0.25, 0.3) is 0 Å². The fourth-order valence-corrected chi connectivity index (χ4v) is 2.51. The first-order chi connectivity index (χ1) is 7.20. The highest BCUT2D eigenvalue weighted by molar-refractivity contribution is 5.85. The first kappa shape index (κ1) is 13.7. The second kappa shape index (κ2) is 5.84. The van der Waals surface area contributed by atoms with Crippen molar-refractivity contribution in [1.29, 1.82) is 0 Å². The third kappa shape index (κ3) is 2.67. The van der Waals surface area contributed by atoms with Gasteiger partial charge in [-0.05, 0) is 26.8 Å². The summed E-state index contributed by atoms with van der Waals surface area (Å²) in [5.41, 5.74) is 0. The van der Waals surface area contributed by atoms with Crippen molar-refractivity contribution in [2.45, 2.75) is 32.4 Å². The van der Waals surface area contributed by atoms with Gasteiger partial charge in [0.1, 0.15) is 0 Å². The molecule has 94 valence electrons. The molecule has 0 spiro atoms. The van der Waals surface area contributed by atoms with E-state index in [0.717, 1.165) is 19.5 Å². The molecule has 2 fully saturated rings. The molecule has 2 aliphatic rings. The summed E-state index contributed by atoms with van der Waals surface area (Å²) in [5.74, 6) is 0.497. The van der Waals surface area contributed by atoms with Crippen molar-refractivity contribution in [2.24, 2.45) is 5.92 Å². The van der Waals surface area contributed by atoms with Gasteiger partial charge in [0, 0.05) is 6.54 Å². The number of hydrogen-bond donors (Lipinski definition) is 1. The molecule has 4 nitrogen and oxygen atoms in total. The van der Waals surface area contributed by atoms with Gasteiger partial charge in [0.05, 0.1) is 31.2 Å². The van der Waals surface area contributed by atoms with Crippen LogP contribution in [0.2, 0.25) is 0 Å². The molecule has 0 aromatic carbocycles. The van der Waals surface area contributed by atoms with Crippen LogP contribution < -0.4 is 5.32 Å². The van der Waals surface area contributed by atoms with E-state index in [9.17, 15) is 4.79 Å². The predicted molar refractivity (Wildman–Crippen MR) is 64.8 cm³/mol.